The molecule has 0 bridgehead atoms. The number of hydrogen-bond donors (Lipinski definition) is 0. The minimum absolute atomic E-state index is 0.0365. The summed E-state index contributed by atoms with van der Waals surface area (Å²) in [4.78, 5) is 53.0. The Labute approximate surface area is 139 Å². The molecule has 0 atom stereocenters. The summed E-state index contributed by atoms with van der Waals surface area (Å²) in [5, 5.41) is 0.900. The van der Waals surface area contributed by atoms with Gasteiger partial charge in [0, 0.05) is 14.1 Å². The monoisotopic (exact) mass is 336 g/mol. The number of likely N-dealkylation sites (N-methyl/N-ethyl adjacent to an activating group) is 1. The first-order valence-electron chi connectivity index (χ1n) is 7.13. The smallest absolute Gasteiger partial charge is 0.374 e. The highest BCUT2D eigenvalue weighted by molar-refractivity contribution is 6.36. The quantitative estimate of drug-likeness (QED) is 0.291. The average Bonchev–Trinajstić information content (AvgIpc) is 2.57. The lowest BCUT2D eigenvalue weighted by molar-refractivity contribution is -0.194. The number of methoxy groups -OCH3 is 1. The summed E-state index contributed by atoms with van der Waals surface area (Å²) in [6.07, 6.45) is -0.699. The van der Waals surface area contributed by atoms with E-state index in [1.165, 1.54) is 4.90 Å². The molecule has 0 heterocycles. The van der Waals surface area contributed by atoms with Gasteiger partial charge in [0.25, 0.3) is 11.8 Å². The number of amides is 2. The first-order chi connectivity index (χ1) is 11.3. The van der Waals surface area contributed by atoms with E-state index < -0.39 is 24.1 Å². The molecule has 0 aromatic heterocycles. The first kappa shape index (κ1) is 19.3. The molecular formula is C16H20N2O6. The third-order valence-corrected chi connectivity index (χ3v) is 3.01. The Morgan fingerprint density at radius 1 is 1.00 bits per heavy atom. The van der Waals surface area contributed by atoms with Crippen molar-refractivity contribution in [1.82, 2.24) is 9.96 Å². The van der Waals surface area contributed by atoms with Crippen LogP contribution in [0.4, 0.5) is 0 Å². The van der Waals surface area contributed by atoms with E-state index in [2.05, 4.69) is 4.74 Å². The van der Waals surface area contributed by atoms with Crippen molar-refractivity contribution in [1.29, 1.82) is 0 Å². The van der Waals surface area contributed by atoms with Crippen molar-refractivity contribution in [3.63, 3.8) is 0 Å². The summed E-state index contributed by atoms with van der Waals surface area (Å²) in [5.41, 5.74) is 0.744. The van der Waals surface area contributed by atoms with E-state index in [-0.39, 0.29) is 19.1 Å². The number of hydroxylamine groups is 2. The lowest BCUT2D eigenvalue weighted by atomic mass is 10.2. The zero-order valence-electron chi connectivity index (χ0n) is 13.9. The van der Waals surface area contributed by atoms with Crippen molar-refractivity contribution in [3.05, 3.63) is 35.9 Å². The molecule has 0 N–H and O–H groups in total. The van der Waals surface area contributed by atoms with Gasteiger partial charge in [0.05, 0.1) is 20.1 Å². The molecule has 0 spiro atoms. The Hall–Kier alpha value is -2.74. The summed E-state index contributed by atoms with van der Waals surface area (Å²) in [6.45, 7) is -0.327. The molecule has 1 aromatic carbocycles. The number of benzene rings is 1. The third kappa shape index (κ3) is 6.17. The Kier molecular flexibility index (Phi) is 7.57. The van der Waals surface area contributed by atoms with Crippen LogP contribution in [0.15, 0.2) is 30.3 Å². The van der Waals surface area contributed by atoms with Crippen molar-refractivity contribution >= 4 is 23.6 Å². The number of rotatable bonds is 8. The van der Waals surface area contributed by atoms with Crippen LogP contribution in [0.25, 0.3) is 0 Å². The van der Waals surface area contributed by atoms with Gasteiger partial charge in [-0.3, -0.25) is 19.2 Å². The number of Topliss-reactive ketones (excluding diaryl/α,β-unsaturated/α-hetero) is 1. The molecule has 8 nitrogen and oxygen atoms in total. The number of carbonyl (C=O) groups is 4. The maximum Gasteiger partial charge on any atom is 0.374 e. The van der Waals surface area contributed by atoms with E-state index in [9.17, 15) is 19.2 Å². The van der Waals surface area contributed by atoms with Crippen molar-refractivity contribution < 1.29 is 28.8 Å². The van der Waals surface area contributed by atoms with Crippen LogP contribution in [0, 0.1) is 0 Å². The fourth-order valence-electron chi connectivity index (χ4n) is 1.63. The standard InChI is InChI=1S/C16H20N2O6/c1-17(2)15(21)11-24-18(10-12-7-5-4-6-8-12)14(20)9-13(19)16(22)23-3/h4-8H,9-11H2,1-3H3. The summed E-state index contributed by atoms with van der Waals surface area (Å²) < 4.78 is 4.28. The SMILES string of the molecule is COC(=O)C(=O)CC(=O)N(Cc1ccccc1)OCC(=O)N(C)C. The molecule has 0 radical (unpaired) electrons. The van der Waals surface area contributed by atoms with E-state index in [0.717, 1.165) is 17.7 Å². The molecule has 2 amide bonds. The molecule has 1 rings (SSSR count). The van der Waals surface area contributed by atoms with Crippen molar-refractivity contribution in [2.45, 2.75) is 13.0 Å². The fraction of sp³-hybridized carbons (Fsp3) is 0.375. The number of hydrogen-bond acceptors (Lipinski definition) is 6. The van der Waals surface area contributed by atoms with Gasteiger partial charge >= 0.3 is 5.97 Å². The highest BCUT2D eigenvalue weighted by atomic mass is 16.7. The van der Waals surface area contributed by atoms with Crippen molar-refractivity contribution in [2.75, 3.05) is 27.8 Å². The lowest BCUT2D eigenvalue weighted by Crippen LogP contribution is -2.37. The zero-order chi connectivity index (χ0) is 18.1. The third-order valence-electron chi connectivity index (χ3n) is 3.01. The predicted octanol–water partition coefficient (Wildman–Crippen LogP) is 0.167. The first-order valence-corrected chi connectivity index (χ1v) is 7.13. The van der Waals surface area contributed by atoms with E-state index in [1.807, 2.05) is 6.07 Å². The summed E-state index contributed by atoms with van der Waals surface area (Å²) >= 11 is 0. The second-order valence-electron chi connectivity index (χ2n) is 5.07. The number of ether oxygens (including phenoxy) is 1. The molecule has 0 saturated heterocycles. The number of carbonyl (C=O) groups excluding carboxylic acids is 4. The van der Waals surface area contributed by atoms with Gasteiger partial charge in [-0.25, -0.2) is 9.86 Å². The largest absolute Gasteiger partial charge is 0.463 e. The summed E-state index contributed by atoms with van der Waals surface area (Å²) in [7, 11) is 4.16. The Morgan fingerprint density at radius 2 is 1.62 bits per heavy atom. The maximum atomic E-state index is 12.2. The van der Waals surface area contributed by atoms with Gasteiger partial charge < -0.3 is 9.64 Å². The molecule has 0 aliphatic carbocycles. The second kappa shape index (κ2) is 9.41. The second-order valence-corrected chi connectivity index (χ2v) is 5.07. The molecule has 0 fully saturated rings. The Balaban J connectivity index is 2.79. The van der Waals surface area contributed by atoms with Crippen LogP contribution in [0.3, 0.4) is 0 Å². The lowest BCUT2D eigenvalue weighted by Gasteiger charge is -2.22. The van der Waals surface area contributed by atoms with Crippen LogP contribution in [0.2, 0.25) is 0 Å². The summed E-state index contributed by atoms with van der Waals surface area (Å²) in [5.74, 6) is -3.17. The van der Waals surface area contributed by atoms with E-state index in [1.54, 1.807) is 38.4 Å². The van der Waals surface area contributed by atoms with Gasteiger partial charge in [-0.2, -0.15) is 0 Å². The highest BCUT2D eigenvalue weighted by Gasteiger charge is 2.24. The van der Waals surface area contributed by atoms with Crippen molar-refractivity contribution in [3.8, 4) is 0 Å². The molecule has 0 aliphatic heterocycles. The average molecular weight is 336 g/mol. The van der Waals surface area contributed by atoms with Gasteiger partial charge in [-0.15, -0.1) is 0 Å². The fourth-order valence-corrected chi connectivity index (χ4v) is 1.63. The molecular weight excluding hydrogens is 316 g/mol. The minimum atomic E-state index is -1.10. The maximum absolute atomic E-state index is 12.2. The van der Waals surface area contributed by atoms with Crippen LogP contribution in [0.1, 0.15) is 12.0 Å². The predicted molar refractivity (Wildman–Crippen MR) is 83.3 cm³/mol. The Bertz CT molecular complexity index is 600. The van der Waals surface area contributed by atoms with Gasteiger partial charge in [-0.05, 0) is 5.56 Å². The van der Waals surface area contributed by atoms with Crippen LogP contribution < -0.4 is 0 Å². The topological polar surface area (TPSA) is 93.2 Å². The van der Waals surface area contributed by atoms with Crippen LogP contribution in [-0.4, -0.2) is 61.3 Å². The highest BCUT2D eigenvalue weighted by Crippen LogP contribution is 2.08. The zero-order valence-corrected chi connectivity index (χ0v) is 13.9. The number of ketones is 1. The van der Waals surface area contributed by atoms with Crippen LogP contribution >= 0.6 is 0 Å². The number of nitrogens with zero attached hydrogens (tertiary/aromatic N) is 2. The van der Waals surface area contributed by atoms with Gasteiger partial charge in [0.1, 0.15) is 0 Å². The number of esters is 1. The minimum Gasteiger partial charge on any atom is -0.463 e. The molecule has 0 unspecified atom stereocenters. The molecule has 8 heteroatoms. The van der Waals surface area contributed by atoms with E-state index in [4.69, 9.17) is 4.84 Å². The molecule has 130 valence electrons. The van der Waals surface area contributed by atoms with Gasteiger partial charge in [0.2, 0.25) is 5.78 Å². The van der Waals surface area contributed by atoms with Gasteiger partial charge in [0.15, 0.2) is 6.61 Å². The molecule has 24 heavy (non-hydrogen) atoms. The van der Waals surface area contributed by atoms with E-state index in [0.29, 0.717) is 0 Å². The molecule has 0 saturated carbocycles. The normalized spacial score (nSPS) is 9.96. The van der Waals surface area contributed by atoms with Crippen LogP contribution in [0.5, 0.6) is 0 Å². The molecule has 0 aliphatic rings. The summed E-state index contributed by atoms with van der Waals surface area (Å²) in [6, 6.07) is 8.90. The van der Waals surface area contributed by atoms with Crippen molar-refractivity contribution in [2.24, 2.45) is 0 Å². The van der Waals surface area contributed by atoms with E-state index >= 15 is 0 Å². The Morgan fingerprint density at radius 3 is 2.17 bits per heavy atom. The van der Waals surface area contributed by atoms with Gasteiger partial charge in [-0.1, -0.05) is 30.3 Å². The molecule has 1 aromatic rings. The van der Waals surface area contributed by atoms with Crippen LogP contribution in [-0.2, 0) is 35.3 Å².